The Labute approximate surface area is 270 Å². The monoisotopic (exact) mass is 623 g/mol. The van der Waals surface area contributed by atoms with Crippen molar-refractivity contribution in [2.45, 2.75) is 0 Å². The van der Waals surface area contributed by atoms with Crippen molar-refractivity contribution in [3.63, 3.8) is 0 Å². The number of benzene rings is 7. The van der Waals surface area contributed by atoms with Crippen LogP contribution in [-0.4, -0.2) is 23.0 Å². The molecule has 7 aromatic rings. The standard InChI is InChI=1S/C42H35Si3/c1-8-22-36(23-9-1)43(37-24-10-2-11-25-37)45(41-32-18-6-19-33-41,42-34-20-7-21-35-42)44(38-26-12-3-13-27-38,39-28-14-4-15-29-39)40-30-16-5-17-31-40/h1-35H. The van der Waals surface area contributed by atoms with Crippen molar-refractivity contribution in [3.8, 4) is 0 Å². The SMILES string of the molecule is c1ccc([Si](c2ccccc2)[Si](c2ccccc2)(c2ccccc2)[Si](c2ccccc2)(c2ccccc2)c2ccccc2)cc1. The predicted molar refractivity (Wildman–Crippen MR) is 200 cm³/mol. The van der Waals surface area contributed by atoms with Crippen molar-refractivity contribution in [2.24, 2.45) is 0 Å². The molecule has 0 aliphatic rings. The topological polar surface area (TPSA) is 0 Å². The highest BCUT2D eigenvalue weighted by atomic mass is 29.6. The minimum Gasteiger partial charge on any atom is -0.0631 e. The van der Waals surface area contributed by atoms with Crippen molar-refractivity contribution in [1.82, 2.24) is 0 Å². The van der Waals surface area contributed by atoms with Gasteiger partial charge in [-0.15, -0.1) is 0 Å². The molecule has 0 N–H and O–H groups in total. The highest BCUT2D eigenvalue weighted by Crippen LogP contribution is 2.25. The van der Waals surface area contributed by atoms with E-state index in [1.54, 1.807) is 0 Å². The summed E-state index contributed by atoms with van der Waals surface area (Å²) < 4.78 is 0. The van der Waals surface area contributed by atoms with E-state index in [0.29, 0.717) is 0 Å². The molecule has 0 nitrogen and oxygen atoms in total. The number of hydrogen-bond acceptors (Lipinski definition) is 0. The summed E-state index contributed by atoms with van der Waals surface area (Å²) in [4.78, 5) is 0. The zero-order chi connectivity index (χ0) is 30.4. The lowest BCUT2D eigenvalue weighted by Gasteiger charge is -2.53. The highest BCUT2D eigenvalue weighted by Gasteiger charge is 2.65. The van der Waals surface area contributed by atoms with Crippen LogP contribution in [0.2, 0.25) is 0 Å². The van der Waals surface area contributed by atoms with Crippen LogP contribution in [0.15, 0.2) is 212 Å². The minimum absolute atomic E-state index is 1.47. The minimum atomic E-state index is -2.93. The summed E-state index contributed by atoms with van der Waals surface area (Å²) in [7, 11) is -7.35. The normalized spacial score (nSPS) is 11.8. The third-order valence-corrected chi connectivity index (χ3v) is 37.8. The molecule has 7 rings (SSSR count). The Hall–Kier alpha value is -4.81. The van der Waals surface area contributed by atoms with Gasteiger partial charge in [0.15, 0.2) is 0 Å². The van der Waals surface area contributed by atoms with Gasteiger partial charge < -0.3 is 0 Å². The van der Waals surface area contributed by atoms with E-state index in [4.69, 9.17) is 0 Å². The summed E-state index contributed by atoms with van der Waals surface area (Å²) in [6.07, 6.45) is 0. The second-order valence-corrected chi connectivity index (χ2v) is 29.0. The molecule has 0 spiro atoms. The van der Waals surface area contributed by atoms with Gasteiger partial charge in [0.25, 0.3) is 0 Å². The molecule has 0 fully saturated rings. The molecule has 0 unspecified atom stereocenters. The van der Waals surface area contributed by atoms with Gasteiger partial charge in [-0.05, 0) is 0 Å². The van der Waals surface area contributed by atoms with Crippen LogP contribution in [0.3, 0.4) is 0 Å². The molecule has 0 atom stereocenters. The average molecular weight is 624 g/mol. The summed E-state index contributed by atoms with van der Waals surface area (Å²) in [5.74, 6) is 0. The smallest absolute Gasteiger partial charge is 0.0631 e. The molecule has 0 amide bonds. The maximum Gasteiger partial charge on any atom is 0.147 e. The summed E-state index contributed by atoms with van der Waals surface area (Å²) in [5.41, 5.74) is 0. The second kappa shape index (κ2) is 13.0. The van der Waals surface area contributed by atoms with E-state index < -0.39 is 23.0 Å². The van der Waals surface area contributed by atoms with Gasteiger partial charge in [-0.1, -0.05) is 249 Å². The largest absolute Gasteiger partial charge is 0.147 e. The number of hydrogen-bond donors (Lipinski definition) is 0. The Balaban J connectivity index is 1.81. The predicted octanol–water partition coefficient (Wildman–Crippen LogP) is 4.89. The first kappa shape index (κ1) is 28.9. The molecule has 0 saturated carbocycles. The average Bonchev–Trinajstić information content (AvgIpc) is 3.14. The van der Waals surface area contributed by atoms with Gasteiger partial charge in [-0.25, -0.2) is 0 Å². The van der Waals surface area contributed by atoms with Gasteiger partial charge >= 0.3 is 0 Å². The van der Waals surface area contributed by atoms with Crippen molar-refractivity contribution in [3.05, 3.63) is 212 Å². The van der Waals surface area contributed by atoms with Crippen LogP contribution in [0.4, 0.5) is 0 Å². The number of rotatable bonds is 9. The second-order valence-electron chi connectivity index (χ2n) is 11.4. The fraction of sp³-hybridized carbons (Fsp3) is 0. The zero-order valence-corrected chi connectivity index (χ0v) is 28.2. The highest BCUT2D eigenvalue weighted by molar-refractivity contribution is 7.83. The Morgan fingerprint density at radius 2 is 0.467 bits per heavy atom. The van der Waals surface area contributed by atoms with E-state index in [9.17, 15) is 0 Å². The molecule has 7 aromatic carbocycles. The van der Waals surface area contributed by atoms with Crippen molar-refractivity contribution < 1.29 is 0 Å². The third kappa shape index (κ3) is 4.99. The first-order chi connectivity index (χ1) is 22.4. The molecule has 215 valence electrons. The maximum atomic E-state index is 2.46. The quantitative estimate of drug-likeness (QED) is 0.159. The van der Waals surface area contributed by atoms with Crippen molar-refractivity contribution >= 4 is 59.3 Å². The maximum absolute atomic E-state index is 2.93. The Morgan fingerprint density at radius 3 is 0.733 bits per heavy atom. The van der Waals surface area contributed by atoms with E-state index >= 15 is 0 Å². The Bertz CT molecular complexity index is 1740. The molecule has 0 saturated heterocycles. The van der Waals surface area contributed by atoms with Gasteiger partial charge in [-0.2, -0.15) is 0 Å². The van der Waals surface area contributed by atoms with Crippen molar-refractivity contribution in [1.29, 1.82) is 0 Å². The van der Waals surface area contributed by atoms with E-state index in [1.807, 2.05) is 0 Å². The van der Waals surface area contributed by atoms with Gasteiger partial charge in [-0.3, -0.25) is 0 Å². The van der Waals surface area contributed by atoms with Gasteiger partial charge in [0, 0.05) is 0 Å². The summed E-state index contributed by atoms with van der Waals surface area (Å²) >= 11 is 0. The Morgan fingerprint density at radius 1 is 0.244 bits per heavy atom. The lowest BCUT2D eigenvalue weighted by molar-refractivity contribution is 1.68. The van der Waals surface area contributed by atoms with Gasteiger partial charge in [0.2, 0.25) is 0 Å². The molecule has 0 heterocycles. The lowest BCUT2D eigenvalue weighted by atomic mass is 10.3. The first-order valence-corrected chi connectivity index (χ1v) is 23.1. The molecule has 3 heteroatoms. The van der Waals surface area contributed by atoms with Crippen molar-refractivity contribution in [2.75, 3.05) is 0 Å². The molecule has 0 aliphatic heterocycles. The van der Waals surface area contributed by atoms with Crippen LogP contribution in [0.5, 0.6) is 0 Å². The molecular formula is C42H35Si3. The van der Waals surface area contributed by atoms with E-state index in [1.165, 1.54) is 36.3 Å². The van der Waals surface area contributed by atoms with E-state index in [-0.39, 0.29) is 0 Å². The lowest BCUT2D eigenvalue weighted by Crippen LogP contribution is -2.97. The van der Waals surface area contributed by atoms with Crippen LogP contribution in [0.1, 0.15) is 0 Å². The van der Waals surface area contributed by atoms with Crippen LogP contribution < -0.4 is 36.3 Å². The van der Waals surface area contributed by atoms with Gasteiger partial charge in [0.1, 0.15) is 23.0 Å². The summed E-state index contributed by atoms with van der Waals surface area (Å²) in [6.45, 7) is 0. The fourth-order valence-electron chi connectivity index (χ4n) is 7.48. The third-order valence-electron chi connectivity index (χ3n) is 9.10. The van der Waals surface area contributed by atoms with Crippen LogP contribution in [0, 0.1) is 0 Å². The molecule has 0 aromatic heterocycles. The van der Waals surface area contributed by atoms with Crippen LogP contribution in [0.25, 0.3) is 0 Å². The summed E-state index contributed by atoms with van der Waals surface area (Å²) in [6, 6.07) is 81.0. The summed E-state index contributed by atoms with van der Waals surface area (Å²) in [5, 5.41) is 10.3. The fourth-order valence-corrected chi connectivity index (χ4v) is 44.0. The molecule has 0 bridgehead atoms. The van der Waals surface area contributed by atoms with E-state index in [2.05, 4.69) is 212 Å². The van der Waals surface area contributed by atoms with Crippen LogP contribution >= 0.6 is 0 Å². The van der Waals surface area contributed by atoms with E-state index in [0.717, 1.165) is 0 Å². The molecule has 0 aliphatic carbocycles. The zero-order valence-electron chi connectivity index (χ0n) is 25.2. The molecule has 1 radical (unpaired) electrons. The molecule has 45 heavy (non-hydrogen) atoms. The van der Waals surface area contributed by atoms with Gasteiger partial charge in [0.05, 0.1) is 0 Å². The first-order valence-electron chi connectivity index (χ1n) is 15.6. The molecular weight excluding hydrogens is 589 g/mol. The Kier molecular flexibility index (Phi) is 8.39. The van der Waals surface area contributed by atoms with Crippen LogP contribution in [-0.2, 0) is 0 Å².